The summed E-state index contributed by atoms with van der Waals surface area (Å²) in [6.07, 6.45) is 0. The van der Waals surface area contributed by atoms with Crippen molar-refractivity contribution >= 4 is 11.6 Å². The number of ether oxygens (including phenoxy) is 2. The lowest BCUT2D eigenvalue weighted by atomic mass is 10.1. The summed E-state index contributed by atoms with van der Waals surface area (Å²) in [5, 5.41) is 0. The number of hydrogen-bond donors (Lipinski definition) is 1. The first-order valence-electron chi connectivity index (χ1n) is 5.93. The Bertz CT molecular complexity index is 418. The molecule has 2 N–H and O–H groups in total. The Balaban J connectivity index is 2.87. The second-order valence-corrected chi connectivity index (χ2v) is 3.98. The molecule has 0 aliphatic carbocycles. The molecule has 106 valence electrons. The van der Waals surface area contributed by atoms with E-state index in [1.807, 2.05) is 0 Å². The third kappa shape index (κ3) is 4.18. The molecule has 0 aliphatic heterocycles. The predicted molar refractivity (Wildman–Crippen MR) is 70.5 cm³/mol. The van der Waals surface area contributed by atoms with E-state index in [2.05, 4.69) is 0 Å². The number of nitrogens with two attached hydrogens (primary N) is 1. The molecule has 0 aliphatic rings. The second kappa shape index (κ2) is 7.70. The number of rotatable bonds is 7. The minimum atomic E-state index is -0.593. The molecule has 19 heavy (non-hydrogen) atoms. The van der Waals surface area contributed by atoms with Crippen molar-refractivity contribution in [1.29, 1.82) is 0 Å². The van der Waals surface area contributed by atoms with Gasteiger partial charge in [0.25, 0.3) is 5.91 Å². The Kier molecular flexibility index (Phi) is 6.24. The van der Waals surface area contributed by atoms with E-state index < -0.39 is 5.82 Å². The molecule has 1 aromatic rings. The normalized spacial score (nSPS) is 10.5. The Morgan fingerprint density at radius 2 is 1.84 bits per heavy atom. The number of carbonyl (C=O) groups excluding carboxylic acids is 1. The fourth-order valence-electron chi connectivity index (χ4n) is 1.61. The average Bonchev–Trinajstić information content (AvgIpc) is 2.41. The van der Waals surface area contributed by atoms with Crippen LogP contribution in [0.2, 0.25) is 0 Å². The van der Waals surface area contributed by atoms with Crippen LogP contribution in [0.4, 0.5) is 10.1 Å². The number of carbonyl (C=O) groups is 1. The smallest absolute Gasteiger partial charge is 0.256 e. The zero-order valence-electron chi connectivity index (χ0n) is 11.2. The first kappa shape index (κ1) is 15.4. The van der Waals surface area contributed by atoms with Crippen LogP contribution in [0.25, 0.3) is 0 Å². The van der Waals surface area contributed by atoms with Crippen molar-refractivity contribution in [2.45, 2.75) is 0 Å². The third-order valence-electron chi connectivity index (χ3n) is 2.70. The van der Waals surface area contributed by atoms with Gasteiger partial charge in [0.1, 0.15) is 5.82 Å². The van der Waals surface area contributed by atoms with Crippen molar-refractivity contribution in [1.82, 2.24) is 4.90 Å². The Morgan fingerprint density at radius 3 is 2.37 bits per heavy atom. The van der Waals surface area contributed by atoms with Gasteiger partial charge in [0.2, 0.25) is 0 Å². The number of hydrogen-bond acceptors (Lipinski definition) is 4. The van der Waals surface area contributed by atoms with Crippen LogP contribution in [-0.2, 0) is 9.47 Å². The molecule has 1 rings (SSSR count). The molecule has 1 aromatic carbocycles. The molecule has 0 radical (unpaired) electrons. The minimum Gasteiger partial charge on any atom is -0.396 e. The van der Waals surface area contributed by atoms with E-state index in [9.17, 15) is 9.18 Å². The number of para-hydroxylation sites is 1. The molecule has 0 aromatic heterocycles. The van der Waals surface area contributed by atoms with Crippen molar-refractivity contribution in [2.75, 3.05) is 46.3 Å². The van der Waals surface area contributed by atoms with Gasteiger partial charge in [-0.3, -0.25) is 4.79 Å². The maximum atomic E-state index is 13.4. The maximum absolute atomic E-state index is 13.4. The van der Waals surface area contributed by atoms with Gasteiger partial charge < -0.3 is 20.1 Å². The quantitative estimate of drug-likeness (QED) is 0.755. The monoisotopic (exact) mass is 270 g/mol. The Hall–Kier alpha value is -1.66. The van der Waals surface area contributed by atoms with Gasteiger partial charge in [0.05, 0.1) is 24.5 Å². The fourth-order valence-corrected chi connectivity index (χ4v) is 1.61. The van der Waals surface area contributed by atoms with Crippen molar-refractivity contribution < 1.29 is 18.7 Å². The number of halogens is 1. The zero-order valence-corrected chi connectivity index (χ0v) is 11.2. The summed E-state index contributed by atoms with van der Waals surface area (Å²) in [5.74, 6) is -0.921. The highest BCUT2D eigenvalue weighted by Gasteiger charge is 2.19. The standard InChI is InChI=1S/C13H19FN2O3/c1-18-8-6-16(7-9-19-2)13(17)10-4-3-5-11(14)12(10)15/h3-5H,6-9,15H2,1-2H3. The first-order valence-corrected chi connectivity index (χ1v) is 5.93. The summed E-state index contributed by atoms with van der Waals surface area (Å²) in [6.45, 7) is 1.58. The van der Waals surface area contributed by atoms with Crippen LogP contribution < -0.4 is 5.73 Å². The van der Waals surface area contributed by atoms with Crippen LogP contribution in [0.5, 0.6) is 0 Å². The molecule has 1 amide bonds. The van der Waals surface area contributed by atoms with Crippen molar-refractivity contribution in [2.24, 2.45) is 0 Å². The molecule has 6 heteroatoms. The molecule has 0 heterocycles. The van der Waals surface area contributed by atoms with E-state index in [1.54, 1.807) is 14.2 Å². The molecular weight excluding hydrogens is 251 g/mol. The molecule has 5 nitrogen and oxygen atoms in total. The molecule has 0 bridgehead atoms. The molecular formula is C13H19FN2O3. The highest BCUT2D eigenvalue weighted by Crippen LogP contribution is 2.17. The largest absolute Gasteiger partial charge is 0.396 e. The first-order chi connectivity index (χ1) is 9.11. The van der Waals surface area contributed by atoms with Crippen LogP contribution in [0.1, 0.15) is 10.4 Å². The Morgan fingerprint density at radius 1 is 1.26 bits per heavy atom. The molecule has 0 spiro atoms. The molecule has 0 fully saturated rings. The highest BCUT2D eigenvalue weighted by molar-refractivity contribution is 5.99. The van der Waals surface area contributed by atoms with E-state index >= 15 is 0 Å². The maximum Gasteiger partial charge on any atom is 0.256 e. The molecule has 0 saturated heterocycles. The van der Waals surface area contributed by atoms with Gasteiger partial charge in [-0.15, -0.1) is 0 Å². The van der Waals surface area contributed by atoms with Crippen molar-refractivity contribution in [3.63, 3.8) is 0 Å². The number of anilines is 1. The number of methoxy groups -OCH3 is 2. The number of benzene rings is 1. The van der Waals surface area contributed by atoms with Crippen LogP contribution in [0, 0.1) is 5.82 Å². The van der Waals surface area contributed by atoms with Crippen LogP contribution in [-0.4, -0.2) is 51.3 Å². The van der Waals surface area contributed by atoms with Gasteiger partial charge in [-0.2, -0.15) is 0 Å². The van der Waals surface area contributed by atoms with Gasteiger partial charge in [-0.25, -0.2) is 4.39 Å². The Labute approximate surface area is 112 Å². The van der Waals surface area contributed by atoms with E-state index in [1.165, 1.54) is 23.1 Å². The summed E-state index contributed by atoms with van der Waals surface area (Å²) in [4.78, 5) is 13.8. The summed E-state index contributed by atoms with van der Waals surface area (Å²) >= 11 is 0. The molecule has 0 unspecified atom stereocenters. The second-order valence-electron chi connectivity index (χ2n) is 3.98. The number of nitrogens with zero attached hydrogens (tertiary/aromatic N) is 1. The lowest BCUT2D eigenvalue weighted by Gasteiger charge is -2.22. The summed E-state index contributed by atoms with van der Waals surface area (Å²) in [7, 11) is 3.10. The topological polar surface area (TPSA) is 64.8 Å². The summed E-state index contributed by atoms with van der Waals surface area (Å²) in [6, 6.07) is 4.19. The number of amides is 1. The SMILES string of the molecule is COCCN(CCOC)C(=O)c1cccc(F)c1N. The summed E-state index contributed by atoms with van der Waals surface area (Å²) in [5.41, 5.74) is 5.62. The van der Waals surface area contributed by atoms with Crippen LogP contribution in [0.3, 0.4) is 0 Å². The fraction of sp³-hybridized carbons (Fsp3) is 0.462. The molecule has 0 saturated carbocycles. The third-order valence-corrected chi connectivity index (χ3v) is 2.70. The highest BCUT2D eigenvalue weighted by atomic mass is 19.1. The minimum absolute atomic E-state index is 0.132. The van der Waals surface area contributed by atoms with Crippen molar-refractivity contribution in [3.8, 4) is 0 Å². The van der Waals surface area contributed by atoms with Gasteiger partial charge in [-0.05, 0) is 12.1 Å². The van der Waals surface area contributed by atoms with E-state index in [0.29, 0.717) is 26.3 Å². The van der Waals surface area contributed by atoms with Crippen molar-refractivity contribution in [3.05, 3.63) is 29.6 Å². The lowest BCUT2D eigenvalue weighted by Crippen LogP contribution is -2.37. The molecule has 0 atom stereocenters. The van der Waals surface area contributed by atoms with Crippen LogP contribution >= 0.6 is 0 Å². The van der Waals surface area contributed by atoms with Gasteiger partial charge in [0.15, 0.2) is 0 Å². The van der Waals surface area contributed by atoms with Gasteiger partial charge >= 0.3 is 0 Å². The van der Waals surface area contributed by atoms with Gasteiger partial charge in [0, 0.05) is 27.3 Å². The van der Waals surface area contributed by atoms with E-state index in [0.717, 1.165) is 0 Å². The zero-order chi connectivity index (χ0) is 14.3. The van der Waals surface area contributed by atoms with E-state index in [4.69, 9.17) is 15.2 Å². The van der Waals surface area contributed by atoms with Gasteiger partial charge in [-0.1, -0.05) is 6.07 Å². The number of nitrogen functional groups attached to an aromatic ring is 1. The van der Waals surface area contributed by atoms with E-state index in [-0.39, 0.29) is 17.2 Å². The summed E-state index contributed by atoms with van der Waals surface area (Å²) < 4.78 is 23.3. The predicted octanol–water partition coefficient (Wildman–Crippen LogP) is 1.14. The average molecular weight is 270 g/mol. The lowest BCUT2D eigenvalue weighted by molar-refractivity contribution is 0.0628. The van der Waals surface area contributed by atoms with Crippen LogP contribution in [0.15, 0.2) is 18.2 Å².